The van der Waals surface area contributed by atoms with Crippen LogP contribution in [0.25, 0.3) is 0 Å². The van der Waals surface area contributed by atoms with E-state index in [1.54, 1.807) is 26.4 Å². The van der Waals surface area contributed by atoms with E-state index in [0.717, 1.165) is 11.1 Å². The molecule has 10 nitrogen and oxygen atoms in total. The predicted octanol–water partition coefficient (Wildman–Crippen LogP) is 2.06. The molecule has 0 bridgehead atoms. The van der Waals surface area contributed by atoms with Crippen LogP contribution in [-0.2, 0) is 22.7 Å². The normalized spacial score (nSPS) is 9.64. The van der Waals surface area contributed by atoms with Crippen molar-refractivity contribution in [3.63, 3.8) is 0 Å². The van der Waals surface area contributed by atoms with Crippen molar-refractivity contribution in [1.29, 1.82) is 0 Å². The van der Waals surface area contributed by atoms with Crippen LogP contribution in [0.5, 0.6) is 11.5 Å². The van der Waals surface area contributed by atoms with Gasteiger partial charge in [0.15, 0.2) is 11.5 Å². The summed E-state index contributed by atoms with van der Waals surface area (Å²) in [4.78, 5) is 28.4. The van der Waals surface area contributed by atoms with E-state index in [-0.39, 0.29) is 5.69 Å². The first-order valence-electron chi connectivity index (χ1n) is 7.89. The molecule has 2 aromatic carbocycles. The van der Waals surface area contributed by atoms with E-state index in [0.29, 0.717) is 24.6 Å². The zero-order chi connectivity index (χ0) is 21.1. The Morgan fingerprint density at radius 2 is 1.43 bits per heavy atom. The molecule has 2 aromatic rings. The van der Waals surface area contributed by atoms with Crippen molar-refractivity contribution in [2.45, 2.75) is 13.1 Å². The quantitative estimate of drug-likeness (QED) is 0.366. The van der Waals surface area contributed by atoms with Crippen molar-refractivity contribution in [2.75, 3.05) is 14.2 Å². The second kappa shape index (κ2) is 11.1. The Balaban J connectivity index is 0.000000568. The number of rotatable bonds is 7. The highest BCUT2D eigenvalue weighted by molar-refractivity contribution is 6.27. The van der Waals surface area contributed by atoms with E-state index in [4.69, 9.17) is 29.3 Å². The molecule has 0 unspecified atom stereocenters. The standard InChI is InChI=1S/C16H18N2O4.C2H2O4/c1-21-15-8-5-13(9-16(15)22-2)11-17-10-12-3-6-14(7-4-12)18(19)20;3-1(4)2(5)6/h3-9,17H,10-11H2,1-2H3;(H,3,4)(H,5,6). The fraction of sp³-hybridized carbons (Fsp3) is 0.222. The number of nitro benzene ring substituents is 1. The Morgan fingerprint density at radius 1 is 0.929 bits per heavy atom. The molecule has 0 radical (unpaired) electrons. The van der Waals surface area contributed by atoms with Gasteiger partial charge in [-0.05, 0) is 23.3 Å². The largest absolute Gasteiger partial charge is 0.493 e. The molecule has 10 heteroatoms. The lowest BCUT2D eigenvalue weighted by molar-refractivity contribution is -0.384. The summed E-state index contributed by atoms with van der Waals surface area (Å²) in [6.07, 6.45) is 0. The van der Waals surface area contributed by atoms with Crippen molar-refractivity contribution in [1.82, 2.24) is 5.32 Å². The number of hydrogen-bond acceptors (Lipinski definition) is 7. The molecule has 0 aliphatic heterocycles. The van der Waals surface area contributed by atoms with Crippen LogP contribution in [0, 0.1) is 10.1 Å². The van der Waals surface area contributed by atoms with Gasteiger partial charge in [-0.3, -0.25) is 10.1 Å². The predicted molar refractivity (Wildman–Crippen MR) is 98.5 cm³/mol. The molecule has 0 aromatic heterocycles. The van der Waals surface area contributed by atoms with Gasteiger partial charge in [-0.15, -0.1) is 0 Å². The van der Waals surface area contributed by atoms with Crippen LogP contribution in [0.2, 0.25) is 0 Å². The van der Waals surface area contributed by atoms with Gasteiger partial charge in [0, 0.05) is 25.2 Å². The van der Waals surface area contributed by atoms with Gasteiger partial charge in [-0.1, -0.05) is 18.2 Å². The summed E-state index contributed by atoms with van der Waals surface area (Å²) in [5, 5.41) is 28.7. The summed E-state index contributed by atoms with van der Waals surface area (Å²) < 4.78 is 10.5. The van der Waals surface area contributed by atoms with Gasteiger partial charge in [0.2, 0.25) is 0 Å². The van der Waals surface area contributed by atoms with E-state index >= 15 is 0 Å². The molecule has 150 valence electrons. The average molecular weight is 392 g/mol. The van der Waals surface area contributed by atoms with E-state index in [1.807, 2.05) is 18.2 Å². The third-order valence-electron chi connectivity index (χ3n) is 3.44. The highest BCUT2D eigenvalue weighted by atomic mass is 16.6. The summed E-state index contributed by atoms with van der Waals surface area (Å²) in [7, 11) is 3.20. The number of hydrogen-bond donors (Lipinski definition) is 3. The highest BCUT2D eigenvalue weighted by Gasteiger charge is 2.06. The number of nitrogens with one attached hydrogen (secondary N) is 1. The molecule has 0 aliphatic rings. The van der Waals surface area contributed by atoms with Crippen LogP contribution >= 0.6 is 0 Å². The molecule has 28 heavy (non-hydrogen) atoms. The molecule has 3 N–H and O–H groups in total. The lowest BCUT2D eigenvalue weighted by atomic mass is 10.1. The highest BCUT2D eigenvalue weighted by Crippen LogP contribution is 2.27. The third kappa shape index (κ3) is 7.30. The van der Waals surface area contributed by atoms with Crippen molar-refractivity contribution < 1.29 is 34.2 Å². The molecular formula is C18H20N2O8. The zero-order valence-corrected chi connectivity index (χ0v) is 15.2. The summed E-state index contributed by atoms with van der Waals surface area (Å²) in [5.74, 6) is -2.26. The molecule has 0 fully saturated rings. The number of aliphatic carboxylic acids is 2. The molecule has 2 rings (SSSR count). The number of methoxy groups -OCH3 is 2. The third-order valence-corrected chi connectivity index (χ3v) is 3.44. The molecule has 0 spiro atoms. The molecule has 0 amide bonds. The second-order valence-electron chi connectivity index (χ2n) is 5.33. The van der Waals surface area contributed by atoms with Crippen LogP contribution < -0.4 is 14.8 Å². The summed E-state index contributed by atoms with van der Waals surface area (Å²) in [6, 6.07) is 12.3. The SMILES string of the molecule is COc1ccc(CNCc2ccc([N+](=O)[O-])cc2)cc1OC.O=C(O)C(=O)O. The zero-order valence-electron chi connectivity index (χ0n) is 15.2. The number of benzene rings is 2. The minimum Gasteiger partial charge on any atom is -0.493 e. The monoisotopic (exact) mass is 392 g/mol. The number of carboxylic acid groups (broad SMARTS) is 2. The maximum absolute atomic E-state index is 10.6. The number of nitro groups is 1. The minimum atomic E-state index is -1.82. The Bertz CT molecular complexity index is 809. The Hall–Kier alpha value is -3.66. The first kappa shape index (κ1) is 22.4. The first-order chi connectivity index (χ1) is 13.3. The van der Waals surface area contributed by atoms with Gasteiger partial charge in [0.25, 0.3) is 5.69 Å². The smallest absolute Gasteiger partial charge is 0.414 e. The van der Waals surface area contributed by atoms with Crippen molar-refractivity contribution in [2.24, 2.45) is 0 Å². The lowest BCUT2D eigenvalue weighted by Gasteiger charge is -2.10. The van der Waals surface area contributed by atoms with Crippen LogP contribution in [-0.4, -0.2) is 41.3 Å². The fourth-order valence-electron chi connectivity index (χ4n) is 2.08. The summed E-state index contributed by atoms with van der Waals surface area (Å²) in [5.41, 5.74) is 2.16. The lowest BCUT2D eigenvalue weighted by Crippen LogP contribution is -2.12. The number of nitrogens with zero attached hydrogens (tertiary/aromatic N) is 1. The molecule has 0 saturated heterocycles. The number of ether oxygens (including phenoxy) is 2. The Kier molecular flexibility index (Phi) is 8.90. The van der Waals surface area contributed by atoms with Crippen LogP contribution in [0.15, 0.2) is 42.5 Å². The summed E-state index contributed by atoms with van der Waals surface area (Å²) >= 11 is 0. The van der Waals surface area contributed by atoms with Gasteiger partial charge >= 0.3 is 11.9 Å². The Morgan fingerprint density at radius 3 is 1.89 bits per heavy atom. The Labute approximate surface area is 160 Å². The van der Waals surface area contributed by atoms with Gasteiger partial charge in [-0.25, -0.2) is 9.59 Å². The fourth-order valence-corrected chi connectivity index (χ4v) is 2.08. The second-order valence-corrected chi connectivity index (χ2v) is 5.33. The molecule has 0 atom stereocenters. The number of non-ortho nitro benzene ring substituents is 1. The van der Waals surface area contributed by atoms with E-state index in [1.165, 1.54) is 12.1 Å². The molecular weight excluding hydrogens is 372 g/mol. The minimum absolute atomic E-state index is 0.101. The summed E-state index contributed by atoms with van der Waals surface area (Å²) in [6.45, 7) is 1.30. The van der Waals surface area contributed by atoms with Crippen LogP contribution in [0.3, 0.4) is 0 Å². The van der Waals surface area contributed by atoms with E-state index in [2.05, 4.69) is 5.32 Å². The maximum Gasteiger partial charge on any atom is 0.414 e. The van der Waals surface area contributed by atoms with E-state index in [9.17, 15) is 10.1 Å². The van der Waals surface area contributed by atoms with Gasteiger partial charge in [-0.2, -0.15) is 0 Å². The molecule has 0 saturated carbocycles. The van der Waals surface area contributed by atoms with Gasteiger partial charge in [0.1, 0.15) is 0 Å². The number of carbonyl (C=O) groups is 2. The van der Waals surface area contributed by atoms with Crippen molar-refractivity contribution >= 4 is 17.6 Å². The maximum atomic E-state index is 10.6. The van der Waals surface area contributed by atoms with Gasteiger partial charge in [0.05, 0.1) is 19.1 Å². The number of carboxylic acids is 2. The molecule has 0 heterocycles. The van der Waals surface area contributed by atoms with Crippen LogP contribution in [0.4, 0.5) is 5.69 Å². The van der Waals surface area contributed by atoms with Crippen molar-refractivity contribution in [3.8, 4) is 11.5 Å². The first-order valence-corrected chi connectivity index (χ1v) is 7.89. The van der Waals surface area contributed by atoms with E-state index < -0.39 is 16.9 Å². The molecule has 0 aliphatic carbocycles. The topological polar surface area (TPSA) is 148 Å². The van der Waals surface area contributed by atoms with Crippen LogP contribution in [0.1, 0.15) is 11.1 Å². The van der Waals surface area contributed by atoms with Crippen molar-refractivity contribution in [3.05, 3.63) is 63.7 Å². The average Bonchev–Trinajstić information content (AvgIpc) is 2.68. The van der Waals surface area contributed by atoms with Gasteiger partial charge < -0.3 is 25.0 Å².